The topological polar surface area (TPSA) is 12.4 Å². The van der Waals surface area contributed by atoms with E-state index in [-0.39, 0.29) is 10.3 Å². The fourth-order valence-corrected chi connectivity index (χ4v) is 2.70. The van der Waals surface area contributed by atoms with Crippen LogP contribution in [0.2, 0.25) is 0 Å². The minimum atomic E-state index is -0.780. The number of thioether (sulfide) groups is 1. The predicted molar refractivity (Wildman–Crippen MR) is 59.0 cm³/mol. The van der Waals surface area contributed by atoms with Gasteiger partial charge in [0.15, 0.2) is 0 Å². The summed E-state index contributed by atoms with van der Waals surface area (Å²) >= 11 is 24.8. The van der Waals surface area contributed by atoms with E-state index in [1.807, 2.05) is 6.26 Å². The average molecular weight is 265 g/mol. The molecule has 0 saturated heterocycles. The largest absolute Gasteiger partial charge is 0.227 e. The van der Waals surface area contributed by atoms with Gasteiger partial charge in [-0.25, -0.2) is 4.99 Å². The Bertz CT molecular complexity index is 252. The quantitative estimate of drug-likeness (QED) is 0.521. The van der Waals surface area contributed by atoms with Crippen LogP contribution in [0.4, 0.5) is 0 Å². The van der Waals surface area contributed by atoms with Crippen molar-refractivity contribution in [2.24, 2.45) is 4.99 Å². The number of halogens is 4. The first kappa shape index (κ1) is 11.0. The molecule has 1 nitrogen and oxygen atoms in total. The standard InChI is InChI=1S/C6H5Cl4NS/c1-12-6(10)2-3(7)11-5(9)4(6)8/h2,4H,1H3. The van der Waals surface area contributed by atoms with E-state index >= 15 is 0 Å². The molecule has 0 aromatic rings. The Morgan fingerprint density at radius 1 is 1.58 bits per heavy atom. The maximum atomic E-state index is 6.10. The van der Waals surface area contributed by atoms with Crippen molar-refractivity contribution >= 4 is 63.3 Å². The molecule has 68 valence electrons. The lowest BCUT2D eigenvalue weighted by Crippen LogP contribution is -2.34. The Hall–Kier alpha value is 0.920. The number of hydrogen-bond donors (Lipinski definition) is 0. The summed E-state index contributed by atoms with van der Waals surface area (Å²) < 4.78 is -0.780. The fraction of sp³-hybridized carbons (Fsp3) is 0.500. The second-order valence-corrected chi connectivity index (χ2v) is 5.31. The zero-order valence-electron chi connectivity index (χ0n) is 6.02. The first-order valence-corrected chi connectivity index (χ1v) is 5.79. The lowest BCUT2D eigenvalue weighted by Gasteiger charge is -2.28. The van der Waals surface area contributed by atoms with E-state index < -0.39 is 9.58 Å². The van der Waals surface area contributed by atoms with Crippen LogP contribution in [-0.4, -0.2) is 21.0 Å². The summed E-state index contributed by atoms with van der Waals surface area (Å²) in [7, 11) is 0. The molecule has 0 amide bonds. The number of hydrogen-bond acceptors (Lipinski definition) is 2. The van der Waals surface area contributed by atoms with Crippen LogP contribution in [0, 0.1) is 0 Å². The molecule has 6 heteroatoms. The van der Waals surface area contributed by atoms with Crippen LogP contribution in [0.15, 0.2) is 16.2 Å². The molecule has 0 saturated carbocycles. The van der Waals surface area contributed by atoms with Crippen molar-refractivity contribution in [3.8, 4) is 0 Å². The molecule has 2 unspecified atom stereocenters. The lowest BCUT2D eigenvalue weighted by atomic mass is 10.2. The number of rotatable bonds is 1. The van der Waals surface area contributed by atoms with E-state index in [0.717, 1.165) is 0 Å². The highest BCUT2D eigenvalue weighted by Crippen LogP contribution is 2.42. The van der Waals surface area contributed by atoms with Crippen LogP contribution in [0.3, 0.4) is 0 Å². The molecular weight excluding hydrogens is 260 g/mol. The van der Waals surface area contributed by atoms with E-state index in [9.17, 15) is 0 Å². The SMILES string of the molecule is CSC1(Cl)C=C(Cl)N=C(Cl)C1Cl. The minimum absolute atomic E-state index is 0.230. The fourth-order valence-electron chi connectivity index (χ4n) is 0.751. The Labute approximate surface area is 95.1 Å². The van der Waals surface area contributed by atoms with Gasteiger partial charge in [0.05, 0.1) is 0 Å². The third-order valence-corrected chi connectivity index (χ3v) is 4.57. The van der Waals surface area contributed by atoms with E-state index in [2.05, 4.69) is 4.99 Å². The van der Waals surface area contributed by atoms with Gasteiger partial charge in [0.2, 0.25) is 0 Å². The molecule has 12 heavy (non-hydrogen) atoms. The van der Waals surface area contributed by atoms with Gasteiger partial charge in [-0.1, -0.05) is 23.2 Å². The van der Waals surface area contributed by atoms with Crippen LogP contribution < -0.4 is 0 Å². The molecule has 1 heterocycles. The molecule has 0 aliphatic carbocycles. The van der Waals surface area contributed by atoms with Gasteiger partial charge in [-0.2, -0.15) is 0 Å². The Morgan fingerprint density at radius 2 is 2.17 bits per heavy atom. The van der Waals surface area contributed by atoms with Crippen LogP contribution in [0.5, 0.6) is 0 Å². The lowest BCUT2D eigenvalue weighted by molar-refractivity contribution is 1.01. The summed E-state index contributed by atoms with van der Waals surface area (Å²) in [5.74, 6) is 0. The Balaban J connectivity index is 3.01. The molecule has 1 aliphatic rings. The zero-order chi connectivity index (χ0) is 9.35. The second-order valence-electron chi connectivity index (χ2n) is 2.17. The number of nitrogens with zero attached hydrogens (tertiary/aromatic N) is 1. The molecule has 0 fully saturated rings. The van der Waals surface area contributed by atoms with Gasteiger partial charge in [0.25, 0.3) is 0 Å². The normalized spacial score (nSPS) is 35.9. The van der Waals surface area contributed by atoms with Gasteiger partial charge in [-0.05, 0) is 12.3 Å². The van der Waals surface area contributed by atoms with Gasteiger partial charge in [-0.3, -0.25) is 0 Å². The third kappa shape index (κ3) is 2.05. The molecule has 0 radical (unpaired) electrons. The highest BCUT2D eigenvalue weighted by Gasteiger charge is 2.39. The van der Waals surface area contributed by atoms with Crippen LogP contribution in [0.25, 0.3) is 0 Å². The first-order valence-electron chi connectivity index (χ1n) is 3.00. The van der Waals surface area contributed by atoms with Crippen LogP contribution >= 0.6 is 58.2 Å². The molecule has 2 atom stereocenters. The summed E-state index contributed by atoms with van der Waals surface area (Å²) in [5.41, 5.74) is 0. The zero-order valence-corrected chi connectivity index (χ0v) is 9.86. The van der Waals surface area contributed by atoms with E-state index in [1.165, 1.54) is 11.8 Å². The Kier molecular flexibility index (Phi) is 3.64. The summed E-state index contributed by atoms with van der Waals surface area (Å²) in [5, 5.41) is -0.0203. The monoisotopic (exact) mass is 263 g/mol. The highest BCUT2D eigenvalue weighted by molar-refractivity contribution is 8.01. The first-order chi connectivity index (χ1) is 5.49. The van der Waals surface area contributed by atoms with Gasteiger partial charge >= 0.3 is 0 Å². The van der Waals surface area contributed by atoms with Crippen molar-refractivity contribution < 1.29 is 0 Å². The molecule has 1 aliphatic heterocycles. The average Bonchev–Trinajstić information content (AvgIpc) is 2.00. The van der Waals surface area contributed by atoms with E-state index in [0.29, 0.717) is 0 Å². The third-order valence-electron chi connectivity index (χ3n) is 1.40. The highest BCUT2D eigenvalue weighted by atomic mass is 35.5. The molecule has 0 aromatic carbocycles. The van der Waals surface area contributed by atoms with Gasteiger partial charge < -0.3 is 0 Å². The summed E-state index contributed by atoms with van der Waals surface area (Å²) in [6.45, 7) is 0. The minimum Gasteiger partial charge on any atom is -0.227 e. The number of alkyl halides is 2. The van der Waals surface area contributed by atoms with Crippen molar-refractivity contribution in [2.75, 3.05) is 6.26 Å². The van der Waals surface area contributed by atoms with Crippen molar-refractivity contribution in [1.82, 2.24) is 0 Å². The van der Waals surface area contributed by atoms with Crippen molar-refractivity contribution in [2.45, 2.75) is 9.58 Å². The smallest absolute Gasteiger partial charge is 0.134 e. The summed E-state index contributed by atoms with van der Waals surface area (Å²) in [6, 6.07) is 0. The Morgan fingerprint density at radius 3 is 2.67 bits per heavy atom. The van der Waals surface area contributed by atoms with Gasteiger partial charge in [0, 0.05) is 0 Å². The van der Waals surface area contributed by atoms with Crippen molar-refractivity contribution in [1.29, 1.82) is 0 Å². The molecule has 0 spiro atoms. The molecule has 0 bridgehead atoms. The maximum Gasteiger partial charge on any atom is 0.134 e. The van der Waals surface area contributed by atoms with Crippen LogP contribution in [0.1, 0.15) is 0 Å². The molecule has 0 N–H and O–H groups in total. The molecule has 0 aromatic heterocycles. The summed E-state index contributed by atoms with van der Waals surface area (Å²) in [6.07, 6.45) is 3.42. The number of aliphatic imine (C=N–C) groups is 1. The van der Waals surface area contributed by atoms with E-state index in [1.54, 1.807) is 6.08 Å². The van der Waals surface area contributed by atoms with Gasteiger partial charge in [-0.15, -0.1) is 35.0 Å². The van der Waals surface area contributed by atoms with Crippen molar-refractivity contribution in [3.05, 3.63) is 11.2 Å². The van der Waals surface area contributed by atoms with Crippen molar-refractivity contribution in [3.63, 3.8) is 0 Å². The second kappa shape index (κ2) is 3.97. The van der Waals surface area contributed by atoms with Crippen LogP contribution in [-0.2, 0) is 0 Å². The van der Waals surface area contributed by atoms with Gasteiger partial charge in [0.1, 0.15) is 19.9 Å². The predicted octanol–water partition coefficient (Wildman–Crippen LogP) is 3.62. The molecular formula is C6H5Cl4NS. The molecule has 1 rings (SSSR count). The summed E-state index contributed by atoms with van der Waals surface area (Å²) in [4.78, 5) is 3.79. The maximum absolute atomic E-state index is 6.10. The van der Waals surface area contributed by atoms with E-state index in [4.69, 9.17) is 46.4 Å².